The predicted molar refractivity (Wildman–Crippen MR) is 136 cm³/mol. The van der Waals surface area contributed by atoms with Gasteiger partial charge in [-0.1, -0.05) is 30.3 Å². The summed E-state index contributed by atoms with van der Waals surface area (Å²) in [6, 6.07) is 29.2. The topological polar surface area (TPSA) is 20.6 Å². The van der Waals surface area contributed by atoms with Crippen LogP contribution in [-0.2, 0) is 0 Å². The summed E-state index contributed by atoms with van der Waals surface area (Å²) in [4.78, 5) is 4.65. The second kappa shape index (κ2) is 7.17. The first-order valence-corrected chi connectivity index (χ1v) is 12.6. The molecule has 2 aromatic carbocycles. The first-order valence-electron chi connectivity index (χ1n) is 12.6. The number of hydrogen-bond acceptors (Lipinski definition) is 1. The normalized spacial score (nSPS) is 22.2. The lowest BCUT2D eigenvalue weighted by molar-refractivity contribution is -0.801. The zero-order valence-electron chi connectivity index (χ0n) is 19.8. The van der Waals surface area contributed by atoms with Crippen molar-refractivity contribution in [2.45, 2.75) is 30.8 Å². The van der Waals surface area contributed by atoms with Gasteiger partial charge in [0, 0.05) is 30.0 Å². The predicted octanol–water partition coefficient (Wildman–Crippen LogP) is 6.10. The largest absolute Gasteiger partial charge is 0.256 e. The van der Waals surface area contributed by atoms with Gasteiger partial charge in [0.05, 0.1) is 22.4 Å². The fraction of sp³-hybridized carbons (Fsp3) is 0.156. The smallest absolute Gasteiger partial charge is 0.213 e. The summed E-state index contributed by atoms with van der Waals surface area (Å²) in [5.41, 5.74) is 10.0. The molecule has 8 rings (SSSR count). The summed E-state index contributed by atoms with van der Waals surface area (Å²) in [5.74, 6) is 0.194. The maximum atomic E-state index is 15.7. The number of aryl methyl sites for hydroxylation is 1. The van der Waals surface area contributed by atoms with Crippen LogP contribution < -0.4 is 9.13 Å². The Kier molecular flexibility index (Phi) is 4.00. The average Bonchev–Trinajstić information content (AvgIpc) is 2.90. The number of pyridine rings is 3. The highest BCUT2D eigenvalue weighted by Gasteiger charge is 2.68. The number of fused-ring (bicyclic) bond motifs is 14. The molecule has 0 spiro atoms. The van der Waals surface area contributed by atoms with Gasteiger partial charge in [0.25, 0.3) is 0 Å². The van der Waals surface area contributed by atoms with Crippen molar-refractivity contribution in [2.24, 2.45) is 0 Å². The highest BCUT2D eigenvalue weighted by Crippen LogP contribution is 2.64. The summed E-state index contributed by atoms with van der Waals surface area (Å²) >= 11 is 0. The Bertz CT molecular complexity index is 1690. The molecule has 0 bridgehead atoms. The Morgan fingerprint density at radius 2 is 1.53 bits per heavy atom. The molecular formula is C32H24FN3+2. The summed E-state index contributed by atoms with van der Waals surface area (Å²) in [6.07, 6.45) is 6.29. The second-order valence-corrected chi connectivity index (χ2v) is 10.2. The zero-order valence-corrected chi connectivity index (χ0v) is 19.8. The van der Waals surface area contributed by atoms with Gasteiger partial charge in [0.2, 0.25) is 11.4 Å². The van der Waals surface area contributed by atoms with Crippen LogP contribution in [0.3, 0.4) is 0 Å². The van der Waals surface area contributed by atoms with Crippen molar-refractivity contribution in [3.05, 3.63) is 126 Å². The molecular weight excluding hydrogens is 445 g/mol. The monoisotopic (exact) mass is 469 g/mol. The van der Waals surface area contributed by atoms with Crippen molar-refractivity contribution in [3.8, 4) is 33.8 Å². The van der Waals surface area contributed by atoms with Crippen LogP contribution in [0.15, 0.2) is 104 Å². The SMILES string of the molecule is Cc1cc2[n+](cc1-c1ccccn1)C1C3c4ccccc4-c4cccc[n+]4C3C1c1c(F)cccc1-2. The number of benzene rings is 2. The van der Waals surface area contributed by atoms with Crippen LogP contribution in [0, 0.1) is 12.7 Å². The van der Waals surface area contributed by atoms with Crippen molar-refractivity contribution >= 4 is 0 Å². The van der Waals surface area contributed by atoms with Crippen molar-refractivity contribution in [2.75, 3.05) is 0 Å². The van der Waals surface area contributed by atoms with Crippen LogP contribution in [0.5, 0.6) is 0 Å². The van der Waals surface area contributed by atoms with E-state index in [1.807, 2.05) is 24.4 Å². The van der Waals surface area contributed by atoms with E-state index < -0.39 is 0 Å². The number of hydrogen-bond donors (Lipinski definition) is 0. The Labute approximate surface area is 209 Å². The van der Waals surface area contributed by atoms with E-state index in [4.69, 9.17) is 0 Å². The summed E-state index contributed by atoms with van der Waals surface area (Å²) in [5, 5.41) is 0. The molecule has 2 aliphatic heterocycles. The standard InChI is InChI=1S/C32H24FN3/c1-19-17-27-22-11-8-12-24(33)28(22)30-31-29(32(30)36(27)18-23(19)25-13-4-6-15-34-25)21-10-3-2-9-20(21)26-14-5-7-16-35(26)31/h2-18,29-32H,1H3/q+2. The molecule has 5 aromatic rings. The molecule has 1 fully saturated rings. The highest BCUT2D eigenvalue weighted by atomic mass is 19.1. The number of rotatable bonds is 1. The lowest BCUT2D eigenvalue weighted by Gasteiger charge is -2.49. The molecule has 0 radical (unpaired) electrons. The molecule has 1 aliphatic carbocycles. The Morgan fingerprint density at radius 3 is 2.42 bits per heavy atom. The molecule has 3 aromatic heterocycles. The molecule has 3 aliphatic rings. The van der Waals surface area contributed by atoms with Gasteiger partial charge < -0.3 is 0 Å². The average molecular weight is 470 g/mol. The molecule has 172 valence electrons. The van der Waals surface area contributed by atoms with Gasteiger partial charge in [-0.3, -0.25) is 4.98 Å². The molecule has 5 heterocycles. The van der Waals surface area contributed by atoms with Crippen molar-refractivity contribution < 1.29 is 13.5 Å². The second-order valence-electron chi connectivity index (χ2n) is 10.2. The van der Waals surface area contributed by atoms with Crippen molar-refractivity contribution in [1.82, 2.24) is 4.98 Å². The summed E-state index contributed by atoms with van der Waals surface area (Å²) < 4.78 is 20.5. The van der Waals surface area contributed by atoms with Crippen molar-refractivity contribution in [1.29, 1.82) is 0 Å². The summed E-state index contributed by atoms with van der Waals surface area (Å²) in [6.45, 7) is 2.13. The number of nitrogens with zero attached hydrogens (tertiary/aromatic N) is 3. The van der Waals surface area contributed by atoms with E-state index in [0.29, 0.717) is 0 Å². The van der Waals surface area contributed by atoms with E-state index >= 15 is 4.39 Å². The third-order valence-electron chi connectivity index (χ3n) is 8.53. The van der Waals surface area contributed by atoms with Crippen LogP contribution in [0.1, 0.15) is 40.6 Å². The molecule has 0 N–H and O–H groups in total. The van der Waals surface area contributed by atoms with E-state index in [0.717, 1.165) is 33.6 Å². The third-order valence-corrected chi connectivity index (χ3v) is 8.53. The lowest BCUT2D eigenvalue weighted by atomic mass is 9.55. The van der Waals surface area contributed by atoms with E-state index in [1.54, 1.807) is 6.07 Å². The van der Waals surface area contributed by atoms with E-state index in [9.17, 15) is 0 Å². The van der Waals surface area contributed by atoms with Crippen LogP contribution in [0.25, 0.3) is 33.8 Å². The molecule has 3 nitrogen and oxygen atoms in total. The number of halogens is 1. The maximum absolute atomic E-state index is 15.7. The Hall–Kier alpha value is -4.18. The Morgan fingerprint density at radius 1 is 0.722 bits per heavy atom. The maximum Gasteiger partial charge on any atom is 0.213 e. The van der Waals surface area contributed by atoms with Gasteiger partial charge in [0.15, 0.2) is 24.5 Å². The first-order chi connectivity index (χ1) is 17.7. The highest BCUT2D eigenvalue weighted by molar-refractivity contribution is 5.71. The van der Waals surface area contributed by atoms with Crippen LogP contribution in [0.2, 0.25) is 0 Å². The molecule has 4 unspecified atom stereocenters. The minimum atomic E-state index is -0.101. The van der Waals surface area contributed by atoms with Crippen LogP contribution in [0.4, 0.5) is 4.39 Å². The molecule has 4 heteroatoms. The van der Waals surface area contributed by atoms with Crippen LogP contribution in [-0.4, -0.2) is 4.98 Å². The molecule has 4 atom stereocenters. The lowest BCUT2D eigenvalue weighted by Crippen LogP contribution is -2.67. The van der Waals surface area contributed by atoms with Crippen LogP contribution >= 0.6 is 0 Å². The van der Waals surface area contributed by atoms with Gasteiger partial charge in [-0.25, -0.2) is 4.39 Å². The zero-order chi connectivity index (χ0) is 24.0. The van der Waals surface area contributed by atoms with E-state index in [-0.39, 0.29) is 29.7 Å². The fourth-order valence-corrected chi connectivity index (χ4v) is 7.09. The minimum Gasteiger partial charge on any atom is -0.256 e. The third kappa shape index (κ3) is 2.49. The van der Waals surface area contributed by atoms with E-state index in [2.05, 4.69) is 94.1 Å². The van der Waals surface area contributed by atoms with Gasteiger partial charge in [0.1, 0.15) is 17.7 Å². The van der Waals surface area contributed by atoms with Gasteiger partial charge in [-0.15, -0.1) is 0 Å². The van der Waals surface area contributed by atoms with Gasteiger partial charge in [-0.2, -0.15) is 9.13 Å². The summed E-state index contributed by atoms with van der Waals surface area (Å²) in [7, 11) is 0. The molecule has 36 heavy (non-hydrogen) atoms. The Balaban J connectivity index is 1.43. The quantitative estimate of drug-likeness (QED) is 0.272. The minimum absolute atomic E-state index is 0.0440. The van der Waals surface area contributed by atoms with Gasteiger partial charge >= 0.3 is 0 Å². The molecule has 0 amide bonds. The van der Waals surface area contributed by atoms with Gasteiger partial charge in [-0.05, 0) is 54.4 Å². The fourth-order valence-electron chi connectivity index (χ4n) is 7.09. The van der Waals surface area contributed by atoms with Crippen molar-refractivity contribution in [3.63, 3.8) is 0 Å². The molecule has 1 saturated carbocycles. The first kappa shape index (κ1) is 20.1. The number of aromatic nitrogens is 3. The van der Waals surface area contributed by atoms with E-state index in [1.165, 1.54) is 16.8 Å². The molecule has 0 saturated heterocycles.